The van der Waals surface area contributed by atoms with Crippen LogP contribution in [0.5, 0.6) is 0 Å². The van der Waals surface area contributed by atoms with E-state index in [1.165, 1.54) is 0 Å². The van der Waals surface area contributed by atoms with Crippen molar-refractivity contribution < 1.29 is 4.79 Å². The largest absolute Gasteiger partial charge is 0.298 e. The first-order chi connectivity index (χ1) is 8.11. The Kier molecular flexibility index (Phi) is 3.72. The van der Waals surface area contributed by atoms with Crippen molar-refractivity contribution in [2.75, 3.05) is 0 Å². The normalized spacial score (nSPS) is 10.3. The number of carbonyl (C=O) groups excluding carboxylic acids is 1. The van der Waals surface area contributed by atoms with Crippen LogP contribution in [0, 0.1) is 0 Å². The molecule has 0 aliphatic carbocycles. The van der Waals surface area contributed by atoms with E-state index in [2.05, 4.69) is 0 Å². The van der Waals surface area contributed by atoms with Crippen LogP contribution >= 0.6 is 34.8 Å². The van der Waals surface area contributed by atoms with Gasteiger partial charge in [-0.1, -0.05) is 34.8 Å². The van der Waals surface area contributed by atoms with Crippen LogP contribution in [0.4, 0.5) is 0 Å². The van der Waals surface area contributed by atoms with Crippen molar-refractivity contribution >= 4 is 41.1 Å². The summed E-state index contributed by atoms with van der Waals surface area (Å²) in [5.41, 5.74) is 1.90. The Bertz CT molecular complexity index is 579. The molecule has 2 aromatic carbocycles. The van der Waals surface area contributed by atoms with E-state index >= 15 is 0 Å². The zero-order valence-electron chi connectivity index (χ0n) is 8.58. The van der Waals surface area contributed by atoms with E-state index in [1.54, 1.807) is 36.4 Å². The monoisotopic (exact) mass is 284 g/mol. The van der Waals surface area contributed by atoms with E-state index in [9.17, 15) is 4.79 Å². The van der Waals surface area contributed by atoms with E-state index in [1.807, 2.05) is 0 Å². The average molecular weight is 286 g/mol. The first-order valence-corrected chi connectivity index (χ1v) is 5.95. The Morgan fingerprint density at radius 1 is 0.824 bits per heavy atom. The molecule has 0 fully saturated rings. The fourth-order valence-electron chi connectivity index (χ4n) is 1.57. The highest BCUT2D eigenvalue weighted by molar-refractivity contribution is 6.36. The van der Waals surface area contributed by atoms with Gasteiger partial charge in [0.2, 0.25) is 0 Å². The first-order valence-electron chi connectivity index (χ1n) is 4.82. The Morgan fingerprint density at radius 2 is 1.41 bits per heavy atom. The van der Waals surface area contributed by atoms with Crippen LogP contribution in [0.3, 0.4) is 0 Å². The molecular formula is C13H7Cl3O. The van der Waals surface area contributed by atoms with Crippen LogP contribution < -0.4 is 0 Å². The summed E-state index contributed by atoms with van der Waals surface area (Å²) < 4.78 is 0. The molecule has 4 heteroatoms. The van der Waals surface area contributed by atoms with E-state index < -0.39 is 0 Å². The van der Waals surface area contributed by atoms with Crippen LogP contribution in [-0.4, -0.2) is 6.29 Å². The zero-order valence-corrected chi connectivity index (χ0v) is 10.9. The van der Waals surface area contributed by atoms with Gasteiger partial charge in [-0.25, -0.2) is 0 Å². The Balaban J connectivity index is 2.70. The standard InChI is InChI=1S/C13H7Cl3O/c14-9-2-1-8(7-17)11(5-9)12-6-10(15)3-4-13(12)16/h1-7H. The van der Waals surface area contributed by atoms with Crippen LogP contribution in [0.2, 0.25) is 15.1 Å². The molecule has 0 N–H and O–H groups in total. The summed E-state index contributed by atoms with van der Waals surface area (Å²) >= 11 is 17.9. The molecule has 17 heavy (non-hydrogen) atoms. The minimum absolute atomic E-state index is 0.526. The molecule has 0 radical (unpaired) electrons. The number of rotatable bonds is 2. The van der Waals surface area contributed by atoms with Crippen LogP contribution in [0.1, 0.15) is 10.4 Å². The lowest BCUT2D eigenvalue weighted by atomic mass is 10.0. The quantitative estimate of drug-likeness (QED) is 0.699. The van der Waals surface area contributed by atoms with Crippen LogP contribution in [-0.2, 0) is 0 Å². The van der Waals surface area contributed by atoms with Gasteiger partial charge in [-0.2, -0.15) is 0 Å². The summed E-state index contributed by atoms with van der Waals surface area (Å²) in [6.45, 7) is 0. The molecule has 0 aromatic heterocycles. The lowest BCUT2D eigenvalue weighted by molar-refractivity contribution is 0.112. The topological polar surface area (TPSA) is 17.1 Å². The second kappa shape index (κ2) is 5.09. The van der Waals surface area contributed by atoms with Gasteiger partial charge in [0, 0.05) is 26.2 Å². The lowest BCUT2D eigenvalue weighted by Crippen LogP contribution is -1.88. The van der Waals surface area contributed by atoms with Crippen LogP contribution in [0.15, 0.2) is 36.4 Å². The highest BCUT2D eigenvalue weighted by Gasteiger charge is 2.09. The van der Waals surface area contributed by atoms with Gasteiger partial charge in [0.25, 0.3) is 0 Å². The second-order valence-corrected chi connectivity index (χ2v) is 4.75. The first kappa shape index (κ1) is 12.4. The third-order valence-corrected chi connectivity index (χ3v) is 3.16. The summed E-state index contributed by atoms with van der Waals surface area (Å²) in [7, 11) is 0. The molecule has 0 amide bonds. The smallest absolute Gasteiger partial charge is 0.150 e. The van der Waals surface area contributed by atoms with Gasteiger partial charge >= 0.3 is 0 Å². The zero-order chi connectivity index (χ0) is 12.4. The summed E-state index contributed by atoms with van der Waals surface area (Å²) in [5.74, 6) is 0. The van der Waals surface area contributed by atoms with Gasteiger partial charge < -0.3 is 0 Å². The maximum absolute atomic E-state index is 11.0. The Labute approximate surface area is 114 Å². The summed E-state index contributed by atoms with van der Waals surface area (Å²) in [6.07, 6.45) is 0.767. The molecule has 0 heterocycles. The van der Waals surface area contributed by atoms with Crippen molar-refractivity contribution in [2.45, 2.75) is 0 Å². The van der Waals surface area contributed by atoms with E-state index in [0.717, 1.165) is 6.29 Å². The fourth-order valence-corrected chi connectivity index (χ4v) is 2.13. The van der Waals surface area contributed by atoms with Crippen molar-refractivity contribution in [1.29, 1.82) is 0 Å². The molecule has 0 bridgehead atoms. The Morgan fingerprint density at radius 3 is 2.06 bits per heavy atom. The van der Waals surface area contributed by atoms with Gasteiger partial charge in [0.1, 0.15) is 0 Å². The van der Waals surface area contributed by atoms with Gasteiger partial charge in [-0.15, -0.1) is 0 Å². The molecule has 86 valence electrons. The fraction of sp³-hybridized carbons (Fsp3) is 0. The van der Waals surface area contributed by atoms with Crippen molar-refractivity contribution in [1.82, 2.24) is 0 Å². The number of hydrogen-bond acceptors (Lipinski definition) is 1. The van der Waals surface area contributed by atoms with Gasteiger partial charge in [-0.05, 0) is 42.0 Å². The lowest BCUT2D eigenvalue weighted by Gasteiger charge is -2.08. The van der Waals surface area contributed by atoms with Gasteiger partial charge in [0.05, 0.1) is 0 Å². The predicted octanol–water partition coefficient (Wildman–Crippen LogP) is 5.13. The maximum Gasteiger partial charge on any atom is 0.150 e. The maximum atomic E-state index is 11.0. The number of aldehydes is 1. The molecule has 2 rings (SSSR count). The second-order valence-electron chi connectivity index (χ2n) is 3.47. The molecule has 0 saturated carbocycles. The SMILES string of the molecule is O=Cc1ccc(Cl)cc1-c1cc(Cl)ccc1Cl. The molecule has 0 aliphatic rings. The number of hydrogen-bond donors (Lipinski definition) is 0. The molecular weight excluding hydrogens is 279 g/mol. The van der Waals surface area contributed by atoms with Crippen LogP contribution in [0.25, 0.3) is 11.1 Å². The van der Waals surface area contributed by atoms with E-state index in [0.29, 0.717) is 31.8 Å². The highest BCUT2D eigenvalue weighted by atomic mass is 35.5. The minimum Gasteiger partial charge on any atom is -0.298 e. The van der Waals surface area contributed by atoms with Gasteiger partial charge in [0.15, 0.2) is 6.29 Å². The molecule has 0 aliphatic heterocycles. The molecule has 0 saturated heterocycles. The minimum atomic E-state index is 0.526. The Hall–Kier alpha value is -1.02. The number of halogens is 3. The molecule has 2 aromatic rings. The highest BCUT2D eigenvalue weighted by Crippen LogP contribution is 2.33. The molecule has 0 atom stereocenters. The average Bonchev–Trinajstić information content (AvgIpc) is 2.32. The van der Waals surface area contributed by atoms with E-state index in [4.69, 9.17) is 34.8 Å². The van der Waals surface area contributed by atoms with Crippen molar-refractivity contribution in [3.05, 3.63) is 57.0 Å². The number of benzene rings is 2. The summed E-state index contributed by atoms with van der Waals surface area (Å²) in [5, 5.41) is 1.63. The van der Waals surface area contributed by atoms with E-state index in [-0.39, 0.29) is 0 Å². The predicted molar refractivity (Wildman–Crippen MR) is 72.3 cm³/mol. The summed E-state index contributed by atoms with van der Waals surface area (Å²) in [6, 6.07) is 10.1. The van der Waals surface area contributed by atoms with Crippen molar-refractivity contribution in [2.24, 2.45) is 0 Å². The number of carbonyl (C=O) groups is 1. The molecule has 0 spiro atoms. The molecule has 1 nitrogen and oxygen atoms in total. The third kappa shape index (κ3) is 2.63. The molecule has 0 unspecified atom stereocenters. The van der Waals surface area contributed by atoms with Crippen molar-refractivity contribution in [3.8, 4) is 11.1 Å². The van der Waals surface area contributed by atoms with Crippen molar-refractivity contribution in [3.63, 3.8) is 0 Å². The summed E-state index contributed by atoms with van der Waals surface area (Å²) in [4.78, 5) is 11.0. The van der Waals surface area contributed by atoms with Gasteiger partial charge in [-0.3, -0.25) is 4.79 Å². The third-order valence-electron chi connectivity index (χ3n) is 2.36.